The number of carbonyl (C=O) groups is 1. The second-order valence-corrected chi connectivity index (χ2v) is 10.1. The Labute approximate surface area is 227 Å². The minimum absolute atomic E-state index is 0.0556. The maximum absolute atomic E-state index is 13.3. The van der Waals surface area contributed by atoms with Gasteiger partial charge in [-0.15, -0.1) is 0 Å². The first-order valence-electron chi connectivity index (χ1n) is 11.6. The lowest BCUT2D eigenvalue weighted by molar-refractivity contribution is -0.759. The lowest BCUT2D eigenvalue weighted by Crippen LogP contribution is -2.60. The largest absolute Gasteiger partial charge is 0.861 e. The summed E-state index contributed by atoms with van der Waals surface area (Å²) < 4.78 is 5.22. The number of hydrogen-bond acceptors (Lipinski definition) is 8. The molecular formula is C25H22Cl2N6O3S. The molecule has 12 heteroatoms. The summed E-state index contributed by atoms with van der Waals surface area (Å²) in [7, 11) is 0. The molecule has 0 N–H and O–H groups in total. The Morgan fingerprint density at radius 2 is 1.84 bits per heavy atom. The van der Waals surface area contributed by atoms with Crippen LogP contribution in [0.15, 0.2) is 74.9 Å². The summed E-state index contributed by atoms with van der Waals surface area (Å²) in [5.41, 5.74) is 1.27. The van der Waals surface area contributed by atoms with Gasteiger partial charge in [0.05, 0.1) is 23.6 Å². The number of rotatable bonds is 6. The molecule has 2 aliphatic heterocycles. The van der Waals surface area contributed by atoms with Crippen LogP contribution in [0.2, 0.25) is 10.0 Å². The number of aromatic nitrogens is 2. The van der Waals surface area contributed by atoms with Crippen molar-refractivity contribution in [1.82, 2.24) is 5.27 Å². The summed E-state index contributed by atoms with van der Waals surface area (Å²) in [6.07, 6.45) is 6.50. The molecule has 0 atom stereocenters. The van der Waals surface area contributed by atoms with E-state index in [1.807, 2.05) is 23.2 Å². The van der Waals surface area contributed by atoms with E-state index in [-0.39, 0.29) is 23.2 Å². The summed E-state index contributed by atoms with van der Waals surface area (Å²) >= 11 is 13.7. The molecule has 0 radical (unpaired) electrons. The molecule has 5 rings (SSSR count). The summed E-state index contributed by atoms with van der Waals surface area (Å²) in [6.45, 7) is 1.75. The number of amidine groups is 1. The molecule has 0 unspecified atom stereocenters. The van der Waals surface area contributed by atoms with Gasteiger partial charge in [0.15, 0.2) is 5.17 Å². The predicted octanol–water partition coefficient (Wildman–Crippen LogP) is 3.96. The molecule has 3 heterocycles. The van der Waals surface area contributed by atoms with Crippen molar-refractivity contribution in [1.29, 1.82) is 0 Å². The second-order valence-electron chi connectivity index (χ2n) is 8.30. The fraction of sp³-hybridized carbons (Fsp3) is 0.240. The molecule has 2 aromatic carbocycles. The summed E-state index contributed by atoms with van der Waals surface area (Å²) in [4.78, 5) is 24.9. The zero-order valence-electron chi connectivity index (χ0n) is 19.6. The minimum Gasteiger partial charge on any atom is -0.861 e. The Morgan fingerprint density at radius 3 is 2.57 bits per heavy atom. The van der Waals surface area contributed by atoms with Crippen molar-refractivity contribution in [2.45, 2.75) is 19.3 Å². The van der Waals surface area contributed by atoms with Crippen molar-refractivity contribution < 1.29 is 19.2 Å². The van der Waals surface area contributed by atoms with Crippen LogP contribution in [0.3, 0.4) is 0 Å². The maximum Gasteiger partial charge on any atom is 0.324 e. The van der Waals surface area contributed by atoms with Crippen molar-refractivity contribution in [3.8, 4) is 0 Å². The molecule has 37 heavy (non-hydrogen) atoms. The van der Waals surface area contributed by atoms with Crippen LogP contribution in [0.5, 0.6) is 0 Å². The van der Waals surface area contributed by atoms with Gasteiger partial charge in [-0.3, -0.25) is 14.2 Å². The Kier molecular flexibility index (Phi) is 7.78. The number of anilines is 1. The standard InChI is InChI=1S/C25H22Cl2N6O3S/c26-19-10-7-11-20(27)18(19)14-21-24(35)33(17-8-3-1-4-9-17)25(28-21)37-16-22(34)29-23-15-32(30-36-23)31-12-5-2-6-13-31/h1,3-4,7-11,14-15H,2,5-6,12-13,16H2/b21-14-. The van der Waals surface area contributed by atoms with Crippen molar-refractivity contribution in [3.63, 3.8) is 0 Å². The Bertz CT molecular complexity index is 1370. The lowest BCUT2D eigenvalue weighted by Gasteiger charge is -2.18. The van der Waals surface area contributed by atoms with Gasteiger partial charge in [-0.1, -0.05) is 59.2 Å². The van der Waals surface area contributed by atoms with Gasteiger partial charge in [0, 0.05) is 21.4 Å². The average molecular weight is 557 g/mol. The van der Waals surface area contributed by atoms with Gasteiger partial charge in [-0.05, 0) is 55.5 Å². The van der Waals surface area contributed by atoms with Crippen molar-refractivity contribution >= 4 is 69.6 Å². The number of halogens is 2. The predicted molar refractivity (Wildman–Crippen MR) is 144 cm³/mol. The highest BCUT2D eigenvalue weighted by atomic mass is 35.5. The number of thioether (sulfide) groups is 1. The highest BCUT2D eigenvalue weighted by molar-refractivity contribution is 8.14. The molecule has 1 saturated heterocycles. The fourth-order valence-electron chi connectivity index (χ4n) is 3.96. The number of aliphatic imine (C=N–C) groups is 2. The van der Waals surface area contributed by atoms with Crippen LogP contribution >= 0.6 is 35.0 Å². The monoisotopic (exact) mass is 556 g/mol. The number of hydrogen-bond donors (Lipinski definition) is 0. The van der Waals surface area contributed by atoms with Crippen LogP contribution in [-0.4, -0.2) is 41.1 Å². The van der Waals surface area contributed by atoms with Crippen LogP contribution in [-0.2, 0) is 4.79 Å². The number of para-hydroxylation sites is 1. The van der Waals surface area contributed by atoms with Crippen LogP contribution in [0.25, 0.3) is 6.08 Å². The quantitative estimate of drug-likeness (QED) is 0.197. The summed E-state index contributed by atoms with van der Waals surface area (Å²) in [5.74, 6) is -0.733. The molecule has 1 amide bonds. The highest BCUT2D eigenvalue weighted by Gasteiger charge is 2.32. The zero-order chi connectivity index (χ0) is 25.8. The molecule has 190 valence electrons. The summed E-state index contributed by atoms with van der Waals surface area (Å²) in [5, 5.41) is 19.8. The smallest absolute Gasteiger partial charge is 0.324 e. The highest BCUT2D eigenvalue weighted by Crippen LogP contribution is 2.32. The molecule has 3 aromatic rings. The first-order valence-corrected chi connectivity index (χ1v) is 13.4. The molecule has 2 aliphatic rings. The van der Waals surface area contributed by atoms with Gasteiger partial charge >= 0.3 is 5.88 Å². The lowest BCUT2D eigenvalue weighted by atomic mass is 10.2. The molecule has 0 aliphatic carbocycles. The van der Waals surface area contributed by atoms with E-state index >= 15 is 0 Å². The van der Waals surface area contributed by atoms with E-state index in [0.29, 0.717) is 26.5 Å². The third kappa shape index (κ3) is 5.82. The third-order valence-corrected chi connectivity index (χ3v) is 7.33. The first kappa shape index (κ1) is 25.3. The van der Waals surface area contributed by atoms with E-state index in [2.05, 4.69) is 15.3 Å². The average Bonchev–Trinajstić information content (AvgIpc) is 3.50. The van der Waals surface area contributed by atoms with E-state index in [4.69, 9.17) is 27.7 Å². The van der Waals surface area contributed by atoms with Gasteiger partial charge in [0.1, 0.15) is 5.70 Å². The summed E-state index contributed by atoms with van der Waals surface area (Å²) in [6, 6.07) is 14.2. The molecule has 1 fully saturated rings. The van der Waals surface area contributed by atoms with E-state index < -0.39 is 5.90 Å². The molecule has 0 bridgehead atoms. The van der Waals surface area contributed by atoms with E-state index in [0.717, 1.165) is 37.7 Å². The molecular weight excluding hydrogens is 535 g/mol. The van der Waals surface area contributed by atoms with Gasteiger partial charge < -0.3 is 5.11 Å². The minimum atomic E-state index is -0.443. The van der Waals surface area contributed by atoms with Crippen LogP contribution in [0, 0.1) is 0 Å². The van der Waals surface area contributed by atoms with Crippen LogP contribution < -0.4 is 19.8 Å². The molecule has 0 saturated carbocycles. The van der Waals surface area contributed by atoms with E-state index in [9.17, 15) is 9.90 Å². The number of benzene rings is 2. The van der Waals surface area contributed by atoms with Gasteiger partial charge in [-0.25, -0.2) is 9.98 Å². The second kappa shape index (κ2) is 11.4. The molecule has 9 nitrogen and oxygen atoms in total. The first-order chi connectivity index (χ1) is 18.0. The van der Waals surface area contributed by atoms with E-state index in [1.54, 1.807) is 47.4 Å². The number of amides is 1. The molecule has 0 spiro atoms. The zero-order valence-corrected chi connectivity index (χ0v) is 21.9. The SMILES string of the molecule is O=C1/C(=C/c2c(Cl)cccc2Cl)N=C(SC/C([O-])=N/c2c[n+](N3CCCCC3)no2)N1c1ccccc1. The normalized spacial score (nSPS) is 17.6. The number of carbonyl (C=O) groups excluding carboxylic acids is 1. The topological polar surface area (TPSA) is 101 Å². The Morgan fingerprint density at radius 1 is 1.11 bits per heavy atom. The van der Waals surface area contributed by atoms with Gasteiger partial charge in [0.2, 0.25) is 5.27 Å². The Balaban J connectivity index is 1.36. The molecule has 1 aromatic heterocycles. The maximum atomic E-state index is 13.3. The van der Waals surface area contributed by atoms with Crippen molar-refractivity contribution in [3.05, 3.63) is 76.0 Å². The van der Waals surface area contributed by atoms with Gasteiger partial charge in [-0.2, -0.15) is 5.01 Å². The van der Waals surface area contributed by atoms with E-state index in [1.165, 1.54) is 11.3 Å². The van der Waals surface area contributed by atoms with Crippen LogP contribution in [0.4, 0.5) is 11.6 Å². The van der Waals surface area contributed by atoms with Crippen molar-refractivity contribution in [2.24, 2.45) is 9.98 Å². The fourth-order valence-corrected chi connectivity index (χ4v) is 5.26. The number of nitrogens with zero attached hydrogens (tertiary/aromatic N) is 6. The Hall–Kier alpha value is -3.34. The van der Waals surface area contributed by atoms with Gasteiger partial charge in [0.25, 0.3) is 12.1 Å². The van der Waals surface area contributed by atoms with Crippen LogP contribution in [0.1, 0.15) is 24.8 Å². The number of piperidine rings is 1. The third-order valence-electron chi connectivity index (χ3n) is 5.75. The van der Waals surface area contributed by atoms with Crippen molar-refractivity contribution in [2.75, 3.05) is 28.8 Å².